The van der Waals surface area contributed by atoms with Gasteiger partial charge in [-0.2, -0.15) is 0 Å². The molecule has 1 saturated heterocycles. The van der Waals surface area contributed by atoms with Crippen molar-refractivity contribution in [2.24, 2.45) is 0 Å². The fourth-order valence-electron chi connectivity index (χ4n) is 3.35. The van der Waals surface area contributed by atoms with Gasteiger partial charge in [-0.05, 0) is 25.0 Å². The average Bonchev–Trinajstić information content (AvgIpc) is 2.61. The standard InChI is InChI=1S/C19H23N3O3/c1-13(23)20-17-11-15-5-3-4-6-16(15)21-19(17)14-7-9-22(10-8-14)18(24)12-25-2/h3-6,11,14H,7-10,12H2,1-2H3,(H,20,23). The molecule has 0 saturated carbocycles. The van der Waals surface area contributed by atoms with E-state index in [-0.39, 0.29) is 24.3 Å². The lowest BCUT2D eigenvalue weighted by Gasteiger charge is -2.32. The number of rotatable bonds is 4. The lowest BCUT2D eigenvalue weighted by Crippen LogP contribution is -2.40. The molecule has 1 N–H and O–H groups in total. The Bertz CT molecular complexity index is 783. The van der Waals surface area contributed by atoms with Gasteiger partial charge in [-0.3, -0.25) is 14.6 Å². The molecule has 1 fully saturated rings. The Balaban J connectivity index is 1.85. The first kappa shape index (κ1) is 17.4. The quantitative estimate of drug-likeness (QED) is 0.928. The van der Waals surface area contributed by atoms with Crippen LogP contribution < -0.4 is 5.32 Å². The maximum Gasteiger partial charge on any atom is 0.248 e. The second kappa shape index (κ2) is 7.61. The Morgan fingerprint density at radius 2 is 2.00 bits per heavy atom. The summed E-state index contributed by atoms with van der Waals surface area (Å²) in [5, 5.41) is 3.92. The normalized spacial score (nSPS) is 15.4. The number of pyridine rings is 1. The maximum atomic E-state index is 12.0. The number of aromatic nitrogens is 1. The van der Waals surface area contributed by atoms with Crippen molar-refractivity contribution in [2.75, 3.05) is 32.1 Å². The first-order valence-electron chi connectivity index (χ1n) is 8.52. The summed E-state index contributed by atoms with van der Waals surface area (Å²) in [6.45, 7) is 2.99. The number of likely N-dealkylation sites (tertiary alicyclic amines) is 1. The van der Waals surface area contributed by atoms with E-state index < -0.39 is 0 Å². The smallest absolute Gasteiger partial charge is 0.248 e. The molecule has 25 heavy (non-hydrogen) atoms. The number of piperidine rings is 1. The Morgan fingerprint density at radius 3 is 2.68 bits per heavy atom. The van der Waals surface area contributed by atoms with E-state index >= 15 is 0 Å². The van der Waals surface area contributed by atoms with Crippen LogP contribution in [0, 0.1) is 0 Å². The summed E-state index contributed by atoms with van der Waals surface area (Å²) in [5.74, 6) is 0.138. The Hall–Kier alpha value is -2.47. The van der Waals surface area contributed by atoms with E-state index in [1.165, 1.54) is 14.0 Å². The molecule has 0 spiro atoms. The van der Waals surface area contributed by atoms with E-state index in [0.717, 1.165) is 35.1 Å². The molecule has 6 nitrogen and oxygen atoms in total. The fraction of sp³-hybridized carbons (Fsp3) is 0.421. The van der Waals surface area contributed by atoms with Crippen molar-refractivity contribution >= 4 is 28.4 Å². The molecule has 0 aliphatic carbocycles. The van der Waals surface area contributed by atoms with Crippen LogP contribution in [0.25, 0.3) is 10.9 Å². The minimum Gasteiger partial charge on any atom is -0.375 e. The molecular formula is C19H23N3O3. The summed E-state index contributed by atoms with van der Waals surface area (Å²) in [4.78, 5) is 30.2. The molecule has 2 heterocycles. The summed E-state index contributed by atoms with van der Waals surface area (Å²) in [6, 6.07) is 9.88. The molecule has 1 aliphatic heterocycles. The van der Waals surface area contributed by atoms with Gasteiger partial charge in [-0.1, -0.05) is 18.2 Å². The highest BCUT2D eigenvalue weighted by molar-refractivity contribution is 5.93. The van der Waals surface area contributed by atoms with Crippen molar-refractivity contribution in [1.29, 1.82) is 0 Å². The molecule has 0 bridgehead atoms. The van der Waals surface area contributed by atoms with Crippen LogP contribution >= 0.6 is 0 Å². The van der Waals surface area contributed by atoms with Crippen molar-refractivity contribution < 1.29 is 14.3 Å². The lowest BCUT2D eigenvalue weighted by atomic mass is 9.91. The second-order valence-corrected chi connectivity index (χ2v) is 6.38. The second-order valence-electron chi connectivity index (χ2n) is 6.38. The zero-order valence-electron chi connectivity index (χ0n) is 14.6. The van der Waals surface area contributed by atoms with E-state index in [9.17, 15) is 9.59 Å². The molecule has 2 amide bonds. The van der Waals surface area contributed by atoms with Gasteiger partial charge in [0, 0.05) is 38.4 Å². The third kappa shape index (κ3) is 3.96. The number of anilines is 1. The van der Waals surface area contributed by atoms with Gasteiger partial charge in [0.25, 0.3) is 0 Å². The van der Waals surface area contributed by atoms with Gasteiger partial charge in [0.15, 0.2) is 0 Å². The van der Waals surface area contributed by atoms with Crippen molar-refractivity contribution in [3.63, 3.8) is 0 Å². The van der Waals surface area contributed by atoms with Crippen LogP contribution in [0.2, 0.25) is 0 Å². The predicted octanol–water partition coefficient (Wildman–Crippen LogP) is 2.55. The molecular weight excluding hydrogens is 318 g/mol. The van der Waals surface area contributed by atoms with Crippen molar-refractivity contribution in [2.45, 2.75) is 25.7 Å². The van der Waals surface area contributed by atoms with E-state index in [1.54, 1.807) is 0 Å². The Kier molecular flexibility index (Phi) is 5.28. The number of nitrogens with one attached hydrogen (secondary N) is 1. The van der Waals surface area contributed by atoms with Gasteiger partial charge in [-0.25, -0.2) is 0 Å². The predicted molar refractivity (Wildman–Crippen MR) is 96.5 cm³/mol. The van der Waals surface area contributed by atoms with Crippen LogP contribution in [0.5, 0.6) is 0 Å². The van der Waals surface area contributed by atoms with E-state index in [2.05, 4.69) is 5.32 Å². The number of para-hydroxylation sites is 1. The van der Waals surface area contributed by atoms with Crippen LogP contribution in [0.15, 0.2) is 30.3 Å². The Morgan fingerprint density at radius 1 is 1.28 bits per heavy atom. The number of ether oxygens (including phenoxy) is 1. The van der Waals surface area contributed by atoms with Crippen molar-refractivity contribution in [1.82, 2.24) is 9.88 Å². The number of fused-ring (bicyclic) bond motifs is 1. The number of nitrogens with zero attached hydrogens (tertiary/aromatic N) is 2. The Labute approximate surface area is 147 Å². The number of hydrogen-bond acceptors (Lipinski definition) is 4. The molecule has 0 atom stereocenters. The third-order valence-corrected chi connectivity index (χ3v) is 4.57. The number of carbonyl (C=O) groups excluding carboxylic acids is 2. The number of hydrogen-bond donors (Lipinski definition) is 1. The van der Waals surface area contributed by atoms with Crippen LogP contribution in [0.4, 0.5) is 5.69 Å². The van der Waals surface area contributed by atoms with Crippen LogP contribution in [0.1, 0.15) is 31.4 Å². The molecule has 0 unspecified atom stereocenters. The number of carbonyl (C=O) groups is 2. The molecule has 1 aromatic heterocycles. The van der Waals surface area contributed by atoms with Gasteiger partial charge >= 0.3 is 0 Å². The molecule has 3 rings (SSSR count). The van der Waals surface area contributed by atoms with Gasteiger partial charge in [-0.15, -0.1) is 0 Å². The number of benzene rings is 1. The summed E-state index contributed by atoms with van der Waals surface area (Å²) in [7, 11) is 1.53. The lowest BCUT2D eigenvalue weighted by molar-refractivity contribution is -0.136. The van der Waals surface area contributed by atoms with Crippen LogP contribution in [0.3, 0.4) is 0 Å². The molecule has 132 valence electrons. The van der Waals surface area contributed by atoms with Crippen molar-refractivity contribution in [3.8, 4) is 0 Å². The average molecular weight is 341 g/mol. The zero-order valence-corrected chi connectivity index (χ0v) is 14.6. The SMILES string of the molecule is COCC(=O)N1CCC(c2nc3ccccc3cc2NC(C)=O)CC1. The first-order valence-corrected chi connectivity index (χ1v) is 8.52. The number of methoxy groups -OCH3 is 1. The highest BCUT2D eigenvalue weighted by Crippen LogP contribution is 2.33. The minimum atomic E-state index is -0.106. The molecule has 2 aromatic rings. The van der Waals surface area contributed by atoms with E-state index in [0.29, 0.717) is 13.1 Å². The molecule has 6 heteroatoms. The minimum absolute atomic E-state index is 0.0227. The largest absolute Gasteiger partial charge is 0.375 e. The van der Waals surface area contributed by atoms with Crippen LogP contribution in [-0.4, -0.2) is 48.5 Å². The third-order valence-electron chi connectivity index (χ3n) is 4.57. The molecule has 0 radical (unpaired) electrons. The maximum absolute atomic E-state index is 12.0. The highest BCUT2D eigenvalue weighted by atomic mass is 16.5. The summed E-state index contributed by atoms with van der Waals surface area (Å²) in [5.41, 5.74) is 2.60. The monoisotopic (exact) mass is 341 g/mol. The summed E-state index contributed by atoms with van der Waals surface area (Å²) >= 11 is 0. The zero-order chi connectivity index (χ0) is 17.8. The fourth-order valence-corrected chi connectivity index (χ4v) is 3.35. The van der Waals surface area contributed by atoms with E-state index in [1.807, 2.05) is 35.2 Å². The molecule has 1 aliphatic rings. The van der Waals surface area contributed by atoms with Gasteiger partial charge in [0.1, 0.15) is 6.61 Å². The van der Waals surface area contributed by atoms with Gasteiger partial charge in [0.05, 0.1) is 16.9 Å². The molecule has 1 aromatic carbocycles. The number of amides is 2. The van der Waals surface area contributed by atoms with Gasteiger partial charge < -0.3 is 15.0 Å². The van der Waals surface area contributed by atoms with Gasteiger partial charge in [0.2, 0.25) is 11.8 Å². The van der Waals surface area contributed by atoms with Crippen molar-refractivity contribution in [3.05, 3.63) is 36.0 Å². The van der Waals surface area contributed by atoms with Crippen LogP contribution in [-0.2, 0) is 14.3 Å². The highest BCUT2D eigenvalue weighted by Gasteiger charge is 2.26. The summed E-state index contributed by atoms with van der Waals surface area (Å²) < 4.78 is 4.93. The summed E-state index contributed by atoms with van der Waals surface area (Å²) in [6.07, 6.45) is 1.65. The first-order chi connectivity index (χ1) is 12.1. The topological polar surface area (TPSA) is 71.5 Å². The van der Waals surface area contributed by atoms with E-state index in [4.69, 9.17) is 9.72 Å².